The van der Waals surface area contributed by atoms with Crippen molar-refractivity contribution < 1.29 is 22.8 Å². The number of halogens is 3. The number of hydrogen-bond acceptors (Lipinski definition) is 3. The van der Waals surface area contributed by atoms with Crippen molar-refractivity contribution in [3.8, 4) is 0 Å². The molecule has 1 aliphatic heterocycles. The molecule has 0 aliphatic carbocycles. The molecule has 0 spiro atoms. The van der Waals surface area contributed by atoms with Gasteiger partial charge in [-0.15, -0.1) is 0 Å². The first-order valence-electron chi connectivity index (χ1n) is 6.76. The number of rotatable bonds is 3. The van der Waals surface area contributed by atoms with E-state index in [0.717, 1.165) is 0 Å². The molecule has 1 atom stereocenters. The molecule has 1 aromatic carbocycles. The first-order valence-corrected chi connectivity index (χ1v) is 7.58. The first kappa shape index (κ1) is 16.7. The highest BCUT2D eigenvalue weighted by Crippen LogP contribution is 2.36. The number of carbonyl (C=O) groups excluding carboxylic acids is 2. The minimum absolute atomic E-state index is 0.0208. The fourth-order valence-electron chi connectivity index (χ4n) is 2.33. The number of hydrogen-bond donors (Lipinski definition) is 1. The minimum atomic E-state index is -4.36. The third-order valence-electron chi connectivity index (χ3n) is 3.31. The Kier molecular flexibility index (Phi) is 5.00. The Labute approximate surface area is 130 Å². The van der Waals surface area contributed by atoms with Crippen molar-refractivity contribution in [2.45, 2.75) is 29.8 Å². The van der Waals surface area contributed by atoms with E-state index >= 15 is 0 Å². The van der Waals surface area contributed by atoms with E-state index in [2.05, 4.69) is 5.32 Å². The zero-order valence-electron chi connectivity index (χ0n) is 11.8. The summed E-state index contributed by atoms with van der Waals surface area (Å²) >= 11 is -0.227. The van der Waals surface area contributed by atoms with Gasteiger partial charge in [-0.2, -0.15) is 13.2 Å². The summed E-state index contributed by atoms with van der Waals surface area (Å²) < 4.78 is 36.8. The zero-order valence-corrected chi connectivity index (χ0v) is 12.6. The monoisotopic (exact) mass is 332 g/mol. The second-order valence-electron chi connectivity index (χ2n) is 4.79. The summed E-state index contributed by atoms with van der Waals surface area (Å²) in [6.07, 6.45) is 0.486. The van der Waals surface area contributed by atoms with Crippen molar-refractivity contribution in [1.29, 1.82) is 0 Å². The number of amides is 2. The molecule has 1 aromatic rings. The summed E-state index contributed by atoms with van der Waals surface area (Å²) in [7, 11) is 0. The van der Waals surface area contributed by atoms with E-state index in [0.29, 0.717) is 19.5 Å². The maximum Gasteiger partial charge on any atom is 0.446 e. The fourth-order valence-corrected chi connectivity index (χ4v) is 2.87. The Hall–Kier alpha value is -1.70. The Morgan fingerprint density at radius 2 is 2.00 bits per heavy atom. The van der Waals surface area contributed by atoms with Gasteiger partial charge in [0.15, 0.2) is 0 Å². The summed E-state index contributed by atoms with van der Waals surface area (Å²) in [6.45, 7) is 2.57. The second-order valence-corrected chi connectivity index (χ2v) is 5.92. The molecule has 2 rings (SSSR count). The zero-order chi connectivity index (χ0) is 16.3. The van der Waals surface area contributed by atoms with Gasteiger partial charge in [-0.3, -0.25) is 9.59 Å². The lowest BCUT2D eigenvalue weighted by Crippen LogP contribution is -2.56. The molecular formula is C14H15F3N2O2S. The van der Waals surface area contributed by atoms with Crippen LogP contribution in [0.4, 0.5) is 13.2 Å². The van der Waals surface area contributed by atoms with Crippen LogP contribution in [0.2, 0.25) is 0 Å². The summed E-state index contributed by atoms with van der Waals surface area (Å²) in [5, 5.41) is 2.69. The molecule has 2 amide bonds. The molecule has 8 heteroatoms. The van der Waals surface area contributed by atoms with E-state index in [1.54, 1.807) is 6.92 Å². The maximum atomic E-state index is 12.4. The van der Waals surface area contributed by atoms with Crippen molar-refractivity contribution in [2.75, 3.05) is 13.1 Å². The van der Waals surface area contributed by atoms with Gasteiger partial charge in [-0.25, -0.2) is 0 Å². The van der Waals surface area contributed by atoms with Gasteiger partial charge in [0.2, 0.25) is 5.91 Å². The highest BCUT2D eigenvalue weighted by Gasteiger charge is 2.32. The van der Waals surface area contributed by atoms with Crippen LogP contribution < -0.4 is 5.32 Å². The molecule has 4 nitrogen and oxygen atoms in total. The van der Waals surface area contributed by atoms with E-state index in [9.17, 15) is 22.8 Å². The standard InChI is InChI=1S/C14H15F3N2O2S/c1-2-11-12(20)18-7-8-19(11)13(21)9-3-5-10(6-4-9)22-14(15,16)17/h3-6,11H,2,7-8H2,1H3,(H,18,20). The molecule has 0 bridgehead atoms. The summed E-state index contributed by atoms with van der Waals surface area (Å²) in [6, 6.07) is 4.70. The number of benzene rings is 1. The average Bonchev–Trinajstić information content (AvgIpc) is 2.45. The quantitative estimate of drug-likeness (QED) is 0.866. The van der Waals surface area contributed by atoms with Crippen molar-refractivity contribution in [3.05, 3.63) is 29.8 Å². The lowest BCUT2D eigenvalue weighted by Gasteiger charge is -2.34. The Balaban J connectivity index is 2.13. The van der Waals surface area contributed by atoms with Gasteiger partial charge in [0.1, 0.15) is 6.04 Å². The van der Waals surface area contributed by atoms with Gasteiger partial charge in [0, 0.05) is 23.5 Å². The molecular weight excluding hydrogens is 317 g/mol. The van der Waals surface area contributed by atoms with Gasteiger partial charge in [0.05, 0.1) is 0 Å². The molecule has 0 radical (unpaired) electrons. The highest BCUT2D eigenvalue weighted by molar-refractivity contribution is 8.00. The maximum absolute atomic E-state index is 12.4. The van der Waals surface area contributed by atoms with Gasteiger partial charge in [-0.1, -0.05) is 6.92 Å². The minimum Gasteiger partial charge on any atom is -0.353 e. The van der Waals surface area contributed by atoms with E-state index in [4.69, 9.17) is 0 Å². The first-order chi connectivity index (χ1) is 10.3. The second kappa shape index (κ2) is 6.60. The number of nitrogens with zero attached hydrogens (tertiary/aromatic N) is 1. The summed E-state index contributed by atoms with van der Waals surface area (Å²) in [5.74, 6) is -0.545. The van der Waals surface area contributed by atoms with Crippen LogP contribution in [0.3, 0.4) is 0 Å². The number of thioether (sulfide) groups is 1. The summed E-state index contributed by atoms with van der Waals surface area (Å²) in [5.41, 5.74) is -4.08. The molecule has 1 N–H and O–H groups in total. The van der Waals surface area contributed by atoms with Crippen molar-refractivity contribution in [3.63, 3.8) is 0 Å². The molecule has 0 saturated carbocycles. The molecule has 120 valence electrons. The van der Waals surface area contributed by atoms with Crippen LogP contribution in [0, 0.1) is 0 Å². The lowest BCUT2D eigenvalue weighted by atomic mass is 10.1. The SMILES string of the molecule is CCC1C(=O)NCCN1C(=O)c1ccc(SC(F)(F)F)cc1. The lowest BCUT2D eigenvalue weighted by molar-refractivity contribution is -0.127. The highest BCUT2D eigenvalue weighted by atomic mass is 32.2. The topological polar surface area (TPSA) is 49.4 Å². The molecule has 0 aromatic heterocycles. The van der Waals surface area contributed by atoms with Crippen LogP contribution in [0.25, 0.3) is 0 Å². The smallest absolute Gasteiger partial charge is 0.353 e. The average molecular weight is 332 g/mol. The molecule has 1 unspecified atom stereocenters. The van der Waals surface area contributed by atoms with Crippen LogP contribution in [0.1, 0.15) is 23.7 Å². The Bertz CT molecular complexity index is 560. The van der Waals surface area contributed by atoms with Crippen LogP contribution in [0.15, 0.2) is 29.2 Å². The van der Waals surface area contributed by atoms with E-state index < -0.39 is 11.6 Å². The van der Waals surface area contributed by atoms with E-state index in [1.807, 2.05) is 0 Å². The van der Waals surface area contributed by atoms with Gasteiger partial charge in [-0.05, 0) is 42.4 Å². The number of carbonyl (C=O) groups is 2. The number of nitrogens with one attached hydrogen (secondary N) is 1. The largest absolute Gasteiger partial charge is 0.446 e. The number of piperazine rings is 1. The number of alkyl halides is 3. The van der Waals surface area contributed by atoms with Crippen molar-refractivity contribution in [2.24, 2.45) is 0 Å². The van der Waals surface area contributed by atoms with Crippen molar-refractivity contribution >= 4 is 23.6 Å². The van der Waals surface area contributed by atoms with Gasteiger partial charge < -0.3 is 10.2 Å². The Morgan fingerprint density at radius 3 is 2.55 bits per heavy atom. The molecule has 1 saturated heterocycles. The molecule has 1 heterocycles. The van der Waals surface area contributed by atoms with Crippen LogP contribution in [0.5, 0.6) is 0 Å². The third kappa shape index (κ3) is 3.94. The third-order valence-corrected chi connectivity index (χ3v) is 4.05. The normalized spacial score (nSPS) is 19.0. The van der Waals surface area contributed by atoms with Crippen LogP contribution in [-0.4, -0.2) is 41.4 Å². The Morgan fingerprint density at radius 1 is 1.36 bits per heavy atom. The molecule has 22 heavy (non-hydrogen) atoms. The summed E-state index contributed by atoms with van der Waals surface area (Å²) in [4.78, 5) is 25.7. The van der Waals surface area contributed by atoms with Crippen LogP contribution in [-0.2, 0) is 4.79 Å². The fraction of sp³-hybridized carbons (Fsp3) is 0.429. The van der Waals surface area contributed by atoms with E-state index in [-0.39, 0.29) is 34.0 Å². The molecule has 1 fully saturated rings. The molecule has 1 aliphatic rings. The predicted molar refractivity (Wildman–Crippen MR) is 76.5 cm³/mol. The van der Waals surface area contributed by atoms with Gasteiger partial charge >= 0.3 is 5.51 Å². The van der Waals surface area contributed by atoms with E-state index in [1.165, 1.54) is 29.2 Å². The van der Waals surface area contributed by atoms with Crippen LogP contribution >= 0.6 is 11.8 Å². The predicted octanol–water partition coefficient (Wildman–Crippen LogP) is 2.65. The van der Waals surface area contributed by atoms with Gasteiger partial charge in [0.25, 0.3) is 5.91 Å². The van der Waals surface area contributed by atoms with Crippen molar-refractivity contribution in [1.82, 2.24) is 10.2 Å².